The molecule has 0 aliphatic heterocycles. The van der Waals surface area contributed by atoms with Gasteiger partial charge in [-0.2, -0.15) is 0 Å². The molecule has 0 heterocycles. The van der Waals surface area contributed by atoms with E-state index in [1.165, 1.54) is 31.6 Å². The van der Waals surface area contributed by atoms with Crippen LogP contribution in [0.2, 0.25) is 0 Å². The predicted octanol–water partition coefficient (Wildman–Crippen LogP) is 1.31. The highest BCUT2D eigenvalue weighted by molar-refractivity contribution is 5.87. The van der Waals surface area contributed by atoms with Crippen LogP contribution < -0.4 is 5.23 Å². The van der Waals surface area contributed by atoms with Gasteiger partial charge in [0.25, 0.3) is 0 Å². The minimum absolute atomic E-state index is 0.223. The van der Waals surface area contributed by atoms with Gasteiger partial charge in [-0.05, 0) is 24.3 Å². The molecular formula is C9H11NO4. The van der Waals surface area contributed by atoms with Crippen molar-refractivity contribution in [2.75, 3.05) is 19.4 Å². The van der Waals surface area contributed by atoms with Crippen molar-refractivity contribution in [1.29, 1.82) is 0 Å². The van der Waals surface area contributed by atoms with Gasteiger partial charge in [0.1, 0.15) is 0 Å². The lowest BCUT2D eigenvalue weighted by atomic mass is 10.2. The number of benzene rings is 1. The van der Waals surface area contributed by atoms with E-state index >= 15 is 0 Å². The van der Waals surface area contributed by atoms with E-state index in [4.69, 9.17) is 14.8 Å². The van der Waals surface area contributed by atoms with E-state index in [-0.39, 0.29) is 5.56 Å². The number of carboxylic acids is 1. The molecule has 5 heteroatoms. The second-order valence-corrected chi connectivity index (χ2v) is 2.47. The summed E-state index contributed by atoms with van der Waals surface area (Å²) in [5, 5.41) is 9.82. The summed E-state index contributed by atoms with van der Waals surface area (Å²) in [6.45, 7) is 0. The van der Waals surface area contributed by atoms with Crippen LogP contribution in [0.25, 0.3) is 0 Å². The predicted molar refractivity (Wildman–Crippen MR) is 49.9 cm³/mol. The van der Waals surface area contributed by atoms with Gasteiger partial charge in [-0.25, -0.2) is 4.79 Å². The normalized spacial score (nSPS) is 9.86. The number of aromatic carboxylic acids is 1. The fourth-order valence-corrected chi connectivity index (χ4v) is 1.01. The maximum Gasteiger partial charge on any atom is 0.335 e. The molecule has 0 amide bonds. The van der Waals surface area contributed by atoms with Crippen molar-refractivity contribution in [3.8, 4) is 0 Å². The summed E-state index contributed by atoms with van der Waals surface area (Å²) in [6, 6.07) is 6.14. The SMILES string of the molecule is CON(OC)c1ccc(C(=O)O)cc1. The van der Waals surface area contributed by atoms with Crippen LogP contribution in [0.1, 0.15) is 10.4 Å². The number of hydrogen-bond donors (Lipinski definition) is 1. The molecule has 0 spiro atoms. The van der Waals surface area contributed by atoms with E-state index in [2.05, 4.69) is 0 Å². The van der Waals surface area contributed by atoms with E-state index in [9.17, 15) is 4.79 Å². The second-order valence-electron chi connectivity index (χ2n) is 2.47. The van der Waals surface area contributed by atoms with Crippen molar-refractivity contribution in [2.24, 2.45) is 0 Å². The van der Waals surface area contributed by atoms with Crippen molar-refractivity contribution < 1.29 is 19.6 Å². The molecule has 0 saturated carbocycles. The Morgan fingerprint density at radius 1 is 1.21 bits per heavy atom. The van der Waals surface area contributed by atoms with Crippen LogP contribution in [0.5, 0.6) is 0 Å². The van der Waals surface area contributed by atoms with Crippen LogP contribution in [-0.4, -0.2) is 25.3 Å². The fraction of sp³-hybridized carbons (Fsp3) is 0.222. The van der Waals surface area contributed by atoms with Crippen LogP contribution in [0.4, 0.5) is 5.69 Å². The van der Waals surface area contributed by atoms with Crippen molar-refractivity contribution in [3.05, 3.63) is 29.8 Å². The zero-order valence-corrected chi connectivity index (χ0v) is 7.93. The fourth-order valence-electron chi connectivity index (χ4n) is 1.01. The van der Waals surface area contributed by atoms with Crippen molar-refractivity contribution in [1.82, 2.24) is 0 Å². The molecule has 1 N–H and O–H groups in total. The molecule has 5 nitrogen and oxygen atoms in total. The van der Waals surface area contributed by atoms with E-state index in [0.717, 1.165) is 0 Å². The molecule has 0 aromatic heterocycles. The number of hydrogen-bond acceptors (Lipinski definition) is 4. The molecule has 0 aliphatic rings. The molecule has 0 unspecified atom stereocenters. The highest BCUT2D eigenvalue weighted by Gasteiger charge is 2.06. The van der Waals surface area contributed by atoms with Gasteiger partial charge in [-0.1, -0.05) is 0 Å². The first-order valence-corrected chi connectivity index (χ1v) is 3.90. The molecule has 0 radical (unpaired) electrons. The maximum absolute atomic E-state index is 10.5. The molecule has 14 heavy (non-hydrogen) atoms. The highest BCUT2D eigenvalue weighted by atomic mass is 16.9. The summed E-state index contributed by atoms with van der Waals surface area (Å²) in [6.07, 6.45) is 0. The van der Waals surface area contributed by atoms with Crippen LogP contribution in [0.15, 0.2) is 24.3 Å². The van der Waals surface area contributed by atoms with Gasteiger partial charge in [-0.15, -0.1) is 5.23 Å². The van der Waals surface area contributed by atoms with Crippen LogP contribution >= 0.6 is 0 Å². The summed E-state index contributed by atoms with van der Waals surface area (Å²) >= 11 is 0. The molecule has 0 aliphatic carbocycles. The summed E-state index contributed by atoms with van der Waals surface area (Å²) in [5.41, 5.74) is 0.848. The Morgan fingerprint density at radius 2 is 1.71 bits per heavy atom. The van der Waals surface area contributed by atoms with E-state index in [0.29, 0.717) is 5.69 Å². The van der Waals surface area contributed by atoms with E-state index in [1.54, 1.807) is 12.1 Å². The first kappa shape index (κ1) is 10.5. The zero-order chi connectivity index (χ0) is 10.6. The Kier molecular flexibility index (Phi) is 3.44. The molecular weight excluding hydrogens is 186 g/mol. The van der Waals surface area contributed by atoms with E-state index in [1.807, 2.05) is 0 Å². The number of carbonyl (C=O) groups is 1. The lowest BCUT2D eigenvalue weighted by Crippen LogP contribution is -2.19. The van der Waals surface area contributed by atoms with Gasteiger partial charge in [0.2, 0.25) is 0 Å². The lowest BCUT2D eigenvalue weighted by Gasteiger charge is -2.17. The molecule has 1 aromatic carbocycles. The zero-order valence-electron chi connectivity index (χ0n) is 7.93. The number of anilines is 1. The number of carboxylic acid groups (broad SMARTS) is 1. The Bertz CT molecular complexity index is 305. The smallest absolute Gasteiger partial charge is 0.335 e. The summed E-state index contributed by atoms with van der Waals surface area (Å²) in [7, 11) is 2.91. The standard InChI is InChI=1S/C9H11NO4/c1-13-10(14-2)8-5-3-7(4-6-8)9(11)12/h3-6H,1-2H3,(H,11,12). The minimum Gasteiger partial charge on any atom is -0.478 e. The Hall–Kier alpha value is -1.59. The third kappa shape index (κ3) is 2.21. The van der Waals surface area contributed by atoms with Gasteiger partial charge >= 0.3 is 5.97 Å². The summed E-state index contributed by atoms with van der Waals surface area (Å²) in [4.78, 5) is 20.2. The second kappa shape index (κ2) is 4.59. The molecule has 0 bridgehead atoms. The van der Waals surface area contributed by atoms with Crippen LogP contribution in [0, 0.1) is 0 Å². The van der Waals surface area contributed by atoms with Gasteiger partial charge in [0.15, 0.2) is 0 Å². The first-order chi connectivity index (χ1) is 6.69. The molecule has 0 saturated heterocycles. The number of nitrogens with zero attached hydrogens (tertiary/aromatic N) is 1. The monoisotopic (exact) mass is 197 g/mol. The van der Waals surface area contributed by atoms with Gasteiger partial charge in [-0.3, -0.25) is 9.68 Å². The lowest BCUT2D eigenvalue weighted by molar-refractivity contribution is -0.0433. The summed E-state index contributed by atoms with van der Waals surface area (Å²) < 4.78 is 0. The highest BCUT2D eigenvalue weighted by Crippen LogP contribution is 2.15. The minimum atomic E-state index is -0.960. The first-order valence-electron chi connectivity index (χ1n) is 3.90. The van der Waals surface area contributed by atoms with E-state index < -0.39 is 5.97 Å². The largest absolute Gasteiger partial charge is 0.478 e. The van der Waals surface area contributed by atoms with Gasteiger partial charge < -0.3 is 5.11 Å². The molecule has 76 valence electrons. The van der Waals surface area contributed by atoms with Gasteiger partial charge in [0, 0.05) is 0 Å². The van der Waals surface area contributed by atoms with Crippen LogP contribution in [-0.2, 0) is 9.68 Å². The van der Waals surface area contributed by atoms with Crippen molar-refractivity contribution in [3.63, 3.8) is 0 Å². The van der Waals surface area contributed by atoms with Crippen molar-refractivity contribution >= 4 is 11.7 Å². The van der Waals surface area contributed by atoms with Gasteiger partial charge in [0.05, 0.1) is 25.5 Å². The Morgan fingerprint density at radius 3 is 2.07 bits per heavy atom. The Balaban J connectivity index is 2.87. The topological polar surface area (TPSA) is 59.0 Å². The maximum atomic E-state index is 10.5. The average Bonchev–Trinajstić information content (AvgIpc) is 2.20. The third-order valence-corrected chi connectivity index (χ3v) is 1.66. The Labute approximate surface area is 81.4 Å². The molecule has 1 aromatic rings. The number of rotatable bonds is 4. The van der Waals surface area contributed by atoms with Crippen molar-refractivity contribution in [2.45, 2.75) is 0 Å². The molecule has 0 fully saturated rings. The molecule has 0 atom stereocenters. The molecule has 1 rings (SSSR count). The third-order valence-electron chi connectivity index (χ3n) is 1.66. The average molecular weight is 197 g/mol. The summed E-state index contributed by atoms with van der Waals surface area (Å²) in [5.74, 6) is -0.960. The quantitative estimate of drug-likeness (QED) is 0.737. The van der Waals surface area contributed by atoms with Crippen LogP contribution in [0.3, 0.4) is 0 Å².